The van der Waals surface area contributed by atoms with Gasteiger partial charge >= 0.3 is 0 Å². The molecular formula is C21H34N10. The molecule has 0 aromatic carbocycles. The lowest BCUT2D eigenvalue weighted by Crippen LogP contribution is -2.32. The molecule has 1 unspecified atom stereocenters. The number of likely N-dealkylation sites (N-methyl/N-ethyl adjacent to an activating group) is 2. The number of hydrogen-bond donors (Lipinski definition) is 3. The van der Waals surface area contributed by atoms with E-state index in [1.165, 1.54) is 0 Å². The van der Waals surface area contributed by atoms with E-state index < -0.39 is 0 Å². The summed E-state index contributed by atoms with van der Waals surface area (Å²) in [7, 11) is 1.94. The van der Waals surface area contributed by atoms with Crippen LogP contribution in [0.1, 0.15) is 47.1 Å². The molecule has 10 nitrogen and oxygen atoms in total. The van der Waals surface area contributed by atoms with E-state index in [1.54, 1.807) is 12.4 Å². The number of aromatic nitrogens is 6. The van der Waals surface area contributed by atoms with Gasteiger partial charge in [-0.1, -0.05) is 6.92 Å². The second kappa shape index (κ2) is 9.86. The third-order valence-corrected chi connectivity index (χ3v) is 5.19. The summed E-state index contributed by atoms with van der Waals surface area (Å²) in [5, 5.41) is 6.66. The Kier molecular flexibility index (Phi) is 7.21. The first-order valence-corrected chi connectivity index (χ1v) is 10.9. The Morgan fingerprint density at radius 1 is 1.10 bits per heavy atom. The van der Waals surface area contributed by atoms with Crippen LogP contribution in [-0.4, -0.2) is 62.2 Å². The lowest BCUT2D eigenvalue weighted by molar-refractivity contribution is 0.543. The number of imidazole rings is 1. The Labute approximate surface area is 183 Å². The van der Waals surface area contributed by atoms with Crippen LogP contribution in [-0.2, 0) is 0 Å². The molecule has 0 spiro atoms. The molecule has 3 aromatic rings. The van der Waals surface area contributed by atoms with E-state index in [-0.39, 0.29) is 12.1 Å². The van der Waals surface area contributed by atoms with Crippen LogP contribution >= 0.6 is 0 Å². The molecule has 0 saturated carbocycles. The molecular weight excluding hydrogens is 392 g/mol. The molecule has 0 bridgehead atoms. The highest BCUT2D eigenvalue weighted by Gasteiger charge is 2.24. The van der Waals surface area contributed by atoms with Crippen molar-refractivity contribution in [1.82, 2.24) is 34.8 Å². The van der Waals surface area contributed by atoms with Gasteiger partial charge < -0.3 is 21.3 Å². The van der Waals surface area contributed by atoms with Crippen molar-refractivity contribution in [2.24, 2.45) is 0 Å². The van der Waals surface area contributed by atoms with Crippen LogP contribution in [0.2, 0.25) is 0 Å². The monoisotopic (exact) mass is 426 g/mol. The number of anilines is 3. The maximum atomic E-state index is 5.76. The van der Waals surface area contributed by atoms with Crippen LogP contribution in [0.4, 0.5) is 17.7 Å². The highest BCUT2D eigenvalue weighted by atomic mass is 15.3. The fraction of sp³-hybridized carbons (Fsp3) is 0.571. The molecule has 3 rings (SSSR count). The van der Waals surface area contributed by atoms with Crippen molar-refractivity contribution < 1.29 is 0 Å². The minimum absolute atomic E-state index is 0.215. The van der Waals surface area contributed by atoms with Crippen LogP contribution in [0.25, 0.3) is 22.6 Å². The standard InChI is InChI=1S/C21H34N10/c1-7-14(5)31-19-18(28-21(31)26-13(3)4)17(15-11-25-16(22)12-24-15)27-20(29-19)30(8-2)10-9-23-6/h11-14,23H,7-10H2,1-6H3,(H2,22,25)(H,26,28). The predicted octanol–water partition coefficient (Wildman–Crippen LogP) is 2.70. The lowest BCUT2D eigenvalue weighted by Gasteiger charge is -2.22. The first-order valence-electron chi connectivity index (χ1n) is 10.9. The van der Waals surface area contributed by atoms with Crippen LogP contribution in [0, 0.1) is 0 Å². The van der Waals surface area contributed by atoms with Crippen molar-refractivity contribution in [1.29, 1.82) is 0 Å². The molecule has 0 fully saturated rings. The molecule has 0 radical (unpaired) electrons. The van der Waals surface area contributed by atoms with Gasteiger partial charge in [0.2, 0.25) is 11.9 Å². The predicted molar refractivity (Wildman–Crippen MR) is 126 cm³/mol. The van der Waals surface area contributed by atoms with Crippen LogP contribution in [0.3, 0.4) is 0 Å². The molecule has 0 aliphatic rings. The number of rotatable bonds is 10. The largest absolute Gasteiger partial charge is 0.382 e. The van der Waals surface area contributed by atoms with E-state index in [0.29, 0.717) is 28.7 Å². The van der Waals surface area contributed by atoms with Crippen LogP contribution < -0.4 is 21.3 Å². The van der Waals surface area contributed by atoms with Gasteiger partial charge in [0.05, 0.1) is 12.4 Å². The minimum Gasteiger partial charge on any atom is -0.382 e. The second-order valence-corrected chi connectivity index (χ2v) is 7.92. The average molecular weight is 427 g/mol. The number of nitrogen functional groups attached to an aromatic ring is 1. The van der Waals surface area contributed by atoms with Gasteiger partial charge in [0.1, 0.15) is 22.7 Å². The Bertz CT molecular complexity index is 996. The second-order valence-electron chi connectivity index (χ2n) is 7.92. The smallest absolute Gasteiger partial charge is 0.228 e. The summed E-state index contributed by atoms with van der Waals surface area (Å²) in [5.41, 5.74) is 8.54. The van der Waals surface area contributed by atoms with Gasteiger partial charge in [-0.3, -0.25) is 4.57 Å². The van der Waals surface area contributed by atoms with Crippen LogP contribution in [0.5, 0.6) is 0 Å². The zero-order chi connectivity index (χ0) is 22.5. The third-order valence-electron chi connectivity index (χ3n) is 5.19. The zero-order valence-electron chi connectivity index (χ0n) is 19.3. The minimum atomic E-state index is 0.215. The molecule has 31 heavy (non-hydrogen) atoms. The highest BCUT2D eigenvalue weighted by molar-refractivity contribution is 5.89. The van der Waals surface area contributed by atoms with Crippen LogP contribution in [0.15, 0.2) is 12.4 Å². The molecule has 0 amide bonds. The van der Waals surface area contributed by atoms with Gasteiger partial charge in [0.25, 0.3) is 0 Å². The Morgan fingerprint density at radius 2 is 1.87 bits per heavy atom. The summed E-state index contributed by atoms with van der Waals surface area (Å²) in [5.74, 6) is 1.80. The van der Waals surface area contributed by atoms with E-state index in [0.717, 1.165) is 37.7 Å². The maximum Gasteiger partial charge on any atom is 0.228 e. The summed E-state index contributed by atoms with van der Waals surface area (Å²) in [6.07, 6.45) is 4.13. The van der Waals surface area contributed by atoms with Crippen molar-refractivity contribution in [2.45, 2.75) is 53.1 Å². The topological polar surface area (TPSA) is 123 Å². The van der Waals surface area contributed by atoms with Crippen molar-refractivity contribution in [3.05, 3.63) is 12.4 Å². The van der Waals surface area contributed by atoms with Crippen molar-refractivity contribution in [3.8, 4) is 11.4 Å². The van der Waals surface area contributed by atoms with Crippen molar-refractivity contribution in [2.75, 3.05) is 42.6 Å². The van der Waals surface area contributed by atoms with Gasteiger partial charge in [0.15, 0.2) is 5.65 Å². The highest BCUT2D eigenvalue weighted by Crippen LogP contribution is 2.32. The van der Waals surface area contributed by atoms with Gasteiger partial charge in [-0.15, -0.1) is 0 Å². The van der Waals surface area contributed by atoms with E-state index in [9.17, 15) is 0 Å². The number of nitrogens with two attached hydrogens (primary N) is 1. The van der Waals surface area contributed by atoms with E-state index >= 15 is 0 Å². The lowest BCUT2D eigenvalue weighted by atomic mass is 10.2. The zero-order valence-corrected chi connectivity index (χ0v) is 19.3. The average Bonchev–Trinajstić information content (AvgIpc) is 3.11. The fourth-order valence-electron chi connectivity index (χ4n) is 3.35. The summed E-state index contributed by atoms with van der Waals surface area (Å²) < 4.78 is 2.17. The molecule has 0 aliphatic carbocycles. The summed E-state index contributed by atoms with van der Waals surface area (Å²) in [6, 6.07) is 0.446. The normalized spacial score (nSPS) is 12.5. The first kappa shape index (κ1) is 22.7. The van der Waals surface area contributed by atoms with E-state index in [2.05, 4.69) is 64.7 Å². The molecule has 0 aliphatic heterocycles. The molecule has 4 N–H and O–H groups in total. The molecule has 0 saturated heterocycles. The first-order chi connectivity index (χ1) is 14.9. The Balaban J connectivity index is 2.30. The quantitative estimate of drug-likeness (QED) is 0.449. The van der Waals surface area contributed by atoms with Gasteiger partial charge in [0, 0.05) is 31.7 Å². The van der Waals surface area contributed by atoms with Gasteiger partial charge in [-0.2, -0.15) is 4.98 Å². The molecule has 10 heteroatoms. The van der Waals surface area contributed by atoms with Crippen molar-refractivity contribution >= 4 is 28.9 Å². The molecule has 3 aromatic heterocycles. The fourth-order valence-corrected chi connectivity index (χ4v) is 3.35. The maximum absolute atomic E-state index is 5.76. The van der Waals surface area contributed by atoms with Crippen molar-refractivity contribution in [3.63, 3.8) is 0 Å². The summed E-state index contributed by atoms with van der Waals surface area (Å²) in [6.45, 7) is 13.0. The van der Waals surface area contributed by atoms with E-state index in [4.69, 9.17) is 20.7 Å². The molecule has 3 heterocycles. The molecule has 1 atom stereocenters. The SMILES string of the molecule is CCC(C)n1c(NC(C)C)nc2c(-c3cnc(N)cn3)nc(N(CC)CCNC)nc21. The summed E-state index contributed by atoms with van der Waals surface area (Å²) >= 11 is 0. The van der Waals surface area contributed by atoms with E-state index in [1.807, 2.05) is 7.05 Å². The number of hydrogen-bond acceptors (Lipinski definition) is 9. The number of nitrogens with one attached hydrogen (secondary N) is 2. The molecule has 168 valence electrons. The van der Waals surface area contributed by atoms with Gasteiger partial charge in [-0.25, -0.2) is 19.9 Å². The Hall–Kier alpha value is -3.01. The van der Waals surface area contributed by atoms with Gasteiger partial charge in [-0.05, 0) is 41.2 Å². The third kappa shape index (κ3) is 4.84. The summed E-state index contributed by atoms with van der Waals surface area (Å²) in [4.78, 5) is 25.6. The Morgan fingerprint density at radius 3 is 2.45 bits per heavy atom. The number of fused-ring (bicyclic) bond motifs is 1. The number of nitrogens with zero attached hydrogens (tertiary/aromatic N) is 7.